The second kappa shape index (κ2) is 7.75. The molecule has 1 aromatic heterocycles. The molecule has 26 heavy (non-hydrogen) atoms. The number of hydrogen-bond donors (Lipinski definition) is 0. The molecule has 0 fully saturated rings. The van der Waals surface area contributed by atoms with Crippen molar-refractivity contribution < 1.29 is 9.15 Å². The van der Waals surface area contributed by atoms with Crippen LogP contribution >= 0.6 is 0 Å². The minimum absolute atomic E-state index is 0.292. The molecule has 0 radical (unpaired) electrons. The van der Waals surface area contributed by atoms with Gasteiger partial charge < -0.3 is 9.15 Å². The van der Waals surface area contributed by atoms with Crippen LogP contribution in [0.25, 0.3) is 11.0 Å². The number of nitrogens with zero attached hydrogens (tertiary/aromatic N) is 1. The Labute approximate surface area is 154 Å². The zero-order valence-electron chi connectivity index (χ0n) is 15.8. The van der Waals surface area contributed by atoms with Gasteiger partial charge in [-0.05, 0) is 60.8 Å². The lowest BCUT2D eigenvalue weighted by molar-refractivity contribution is 0.271. The molecule has 4 heteroatoms. The molecule has 0 saturated carbocycles. The summed E-state index contributed by atoms with van der Waals surface area (Å²) in [6, 6.07) is 13.9. The van der Waals surface area contributed by atoms with Crippen LogP contribution in [0.5, 0.6) is 5.75 Å². The fourth-order valence-electron chi connectivity index (χ4n) is 3.32. The van der Waals surface area contributed by atoms with Gasteiger partial charge >= 0.3 is 5.63 Å². The van der Waals surface area contributed by atoms with E-state index in [1.54, 1.807) is 13.2 Å². The largest absolute Gasteiger partial charge is 0.497 e. The molecule has 0 spiro atoms. The summed E-state index contributed by atoms with van der Waals surface area (Å²) in [6.07, 6.45) is 0. The maximum absolute atomic E-state index is 12.0. The number of fused-ring (bicyclic) bond motifs is 1. The van der Waals surface area contributed by atoms with Crippen molar-refractivity contribution in [3.8, 4) is 5.75 Å². The zero-order chi connectivity index (χ0) is 18.7. The van der Waals surface area contributed by atoms with Crippen LogP contribution in [0.4, 0.5) is 0 Å². The lowest BCUT2D eigenvalue weighted by atomic mass is 10.0. The molecule has 0 aliphatic rings. The van der Waals surface area contributed by atoms with Gasteiger partial charge in [-0.25, -0.2) is 4.79 Å². The molecule has 0 N–H and O–H groups in total. The number of benzene rings is 2. The zero-order valence-corrected chi connectivity index (χ0v) is 15.8. The highest BCUT2D eigenvalue weighted by atomic mass is 16.5. The first-order valence-electron chi connectivity index (χ1n) is 8.89. The fourth-order valence-corrected chi connectivity index (χ4v) is 3.32. The Morgan fingerprint density at radius 1 is 1.04 bits per heavy atom. The average Bonchev–Trinajstić information content (AvgIpc) is 2.62. The van der Waals surface area contributed by atoms with Gasteiger partial charge in [0.25, 0.3) is 0 Å². The van der Waals surface area contributed by atoms with Crippen LogP contribution in [0.3, 0.4) is 0 Å². The van der Waals surface area contributed by atoms with Crippen molar-refractivity contribution >= 4 is 11.0 Å². The maximum atomic E-state index is 12.0. The number of ether oxygens (including phenoxy) is 1. The minimum atomic E-state index is -0.292. The van der Waals surface area contributed by atoms with Crippen molar-refractivity contribution in [1.82, 2.24) is 4.90 Å². The third-order valence-electron chi connectivity index (χ3n) is 4.67. The summed E-state index contributed by atoms with van der Waals surface area (Å²) in [6.45, 7) is 8.58. The smallest absolute Gasteiger partial charge is 0.336 e. The summed E-state index contributed by atoms with van der Waals surface area (Å²) in [7, 11) is 1.67. The Morgan fingerprint density at radius 3 is 2.42 bits per heavy atom. The molecular formula is C22H25NO3. The van der Waals surface area contributed by atoms with Gasteiger partial charge in [-0.2, -0.15) is 0 Å². The Bertz CT molecular complexity index is 958. The quantitative estimate of drug-likeness (QED) is 0.616. The van der Waals surface area contributed by atoms with Gasteiger partial charge in [-0.3, -0.25) is 4.90 Å². The lowest BCUT2D eigenvalue weighted by Crippen LogP contribution is -2.23. The monoisotopic (exact) mass is 351 g/mol. The summed E-state index contributed by atoms with van der Waals surface area (Å²) in [5.41, 5.74) is 4.80. The van der Waals surface area contributed by atoms with E-state index < -0.39 is 0 Å². The fraction of sp³-hybridized carbons (Fsp3) is 0.318. The Balaban J connectivity index is 1.91. The lowest BCUT2D eigenvalue weighted by Gasteiger charge is -2.21. The van der Waals surface area contributed by atoms with Crippen molar-refractivity contribution in [2.75, 3.05) is 13.7 Å². The number of methoxy groups -OCH3 is 1. The Morgan fingerprint density at radius 2 is 1.77 bits per heavy atom. The highest BCUT2D eigenvalue weighted by Gasteiger charge is 2.12. The van der Waals surface area contributed by atoms with Crippen LogP contribution in [0.2, 0.25) is 0 Å². The van der Waals surface area contributed by atoms with Gasteiger partial charge in [0.1, 0.15) is 11.3 Å². The van der Waals surface area contributed by atoms with E-state index in [0.717, 1.165) is 35.4 Å². The van der Waals surface area contributed by atoms with E-state index in [0.29, 0.717) is 12.1 Å². The first kappa shape index (κ1) is 18.2. The van der Waals surface area contributed by atoms with Gasteiger partial charge in [0.2, 0.25) is 0 Å². The molecule has 0 unspecified atom stereocenters. The topological polar surface area (TPSA) is 42.7 Å². The molecular weight excluding hydrogens is 326 g/mol. The molecule has 0 aliphatic carbocycles. The maximum Gasteiger partial charge on any atom is 0.336 e. The molecule has 3 aromatic rings. The van der Waals surface area contributed by atoms with E-state index in [9.17, 15) is 4.79 Å². The van der Waals surface area contributed by atoms with Crippen molar-refractivity contribution in [3.63, 3.8) is 0 Å². The SMILES string of the molecule is CCN(Cc1ccc(OC)cc1)Cc1cc(=O)oc2c(C)cc(C)cc12. The Hall–Kier alpha value is -2.59. The van der Waals surface area contributed by atoms with E-state index in [1.165, 1.54) is 11.1 Å². The number of hydrogen-bond acceptors (Lipinski definition) is 4. The predicted molar refractivity (Wildman–Crippen MR) is 105 cm³/mol. The van der Waals surface area contributed by atoms with E-state index >= 15 is 0 Å². The minimum Gasteiger partial charge on any atom is -0.497 e. The van der Waals surface area contributed by atoms with Crippen LogP contribution in [-0.4, -0.2) is 18.6 Å². The third-order valence-corrected chi connectivity index (χ3v) is 4.67. The highest BCUT2D eigenvalue weighted by molar-refractivity contribution is 5.83. The van der Waals surface area contributed by atoms with Crippen molar-refractivity contribution in [2.45, 2.75) is 33.9 Å². The van der Waals surface area contributed by atoms with Gasteiger partial charge in [-0.15, -0.1) is 0 Å². The second-order valence-electron chi connectivity index (χ2n) is 6.70. The molecule has 0 amide bonds. The first-order chi connectivity index (χ1) is 12.5. The van der Waals surface area contributed by atoms with Gasteiger partial charge in [0, 0.05) is 24.5 Å². The molecule has 1 heterocycles. The van der Waals surface area contributed by atoms with E-state index in [4.69, 9.17) is 9.15 Å². The van der Waals surface area contributed by atoms with Crippen molar-refractivity contribution in [3.05, 3.63) is 75.1 Å². The molecule has 0 atom stereocenters. The first-order valence-corrected chi connectivity index (χ1v) is 8.89. The number of aryl methyl sites for hydroxylation is 2. The molecule has 136 valence electrons. The average molecular weight is 351 g/mol. The van der Waals surface area contributed by atoms with Crippen LogP contribution in [-0.2, 0) is 13.1 Å². The van der Waals surface area contributed by atoms with Crippen LogP contribution < -0.4 is 10.4 Å². The standard InChI is InChI=1S/C22H25NO3/c1-5-23(13-17-6-8-19(25-4)9-7-17)14-18-12-21(24)26-22-16(3)10-15(2)11-20(18)22/h6-12H,5,13-14H2,1-4H3. The highest BCUT2D eigenvalue weighted by Crippen LogP contribution is 2.24. The second-order valence-corrected chi connectivity index (χ2v) is 6.70. The van der Waals surface area contributed by atoms with Gasteiger partial charge in [-0.1, -0.05) is 25.1 Å². The van der Waals surface area contributed by atoms with E-state index in [2.05, 4.69) is 36.9 Å². The van der Waals surface area contributed by atoms with Crippen LogP contribution in [0.15, 0.2) is 51.7 Å². The predicted octanol–water partition coefficient (Wildman–Crippen LogP) is 4.44. The van der Waals surface area contributed by atoms with Crippen molar-refractivity contribution in [2.24, 2.45) is 0 Å². The molecule has 4 nitrogen and oxygen atoms in total. The van der Waals surface area contributed by atoms with E-state index in [1.807, 2.05) is 25.1 Å². The van der Waals surface area contributed by atoms with Crippen LogP contribution in [0, 0.1) is 13.8 Å². The summed E-state index contributed by atoms with van der Waals surface area (Å²) in [5, 5.41) is 1.02. The van der Waals surface area contributed by atoms with Crippen LogP contribution in [0.1, 0.15) is 29.2 Å². The summed E-state index contributed by atoms with van der Waals surface area (Å²) in [5.74, 6) is 0.856. The Kier molecular flexibility index (Phi) is 5.43. The summed E-state index contributed by atoms with van der Waals surface area (Å²) in [4.78, 5) is 14.4. The summed E-state index contributed by atoms with van der Waals surface area (Å²) >= 11 is 0. The molecule has 3 rings (SSSR count). The molecule has 0 aliphatic heterocycles. The van der Waals surface area contributed by atoms with Gasteiger partial charge in [0.15, 0.2) is 0 Å². The molecule has 0 saturated heterocycles. The van der Waals surface area contributed by atoms with E-state index in [-0.39, 0.29) is 5.63 Å². The molecule has 0 bridgehead atoms. The van der Waals surface area contributed by atoms with Crippen molar-refractivity contribution in [1.29, 1.82) is 0 Å². The summed E-state index contributed by atoms with van der Waals surface area (Å²) < 4.78 is 10.7. The number of rotatable bonds is 6. The normalized spacial score (nSPS) is 11.3. The van der Waals surface area contributed by atoms with Gasteiger partial charge in [0.05, 0.1) is 7.11 Å². The molecule has 2 aromatic carbocycles. The third kappa shape index (κ3) is 3.97.